The second-order valence-electron chi connectivity index (χ2n) is 7.46. The Morgan fingerprint density at radius 3 is 2.61 bits per heavy atom. The number of hydrogen-bond acceptors (Lipinski definition) is 6. The van der Waals surface area contributed by atoms with Gasteiger partial charge in [-0.05, 0) is 38.0 Å². The van der Waals surface area contributed by atoms with Gasteiger partial charge in [-0.1, -0.05) is 25.3 Å². The molecule has 8 heteroatoms. The number of morpholine rings is 1. The van der Waals surface area contributed by atoms with E-state index in [0.717, 1.165) is 38.8 Å². The van der Waals surface area contributed by atoms with Gasteiger partial charge in [0.2, 0.25) is 10.0 Å². The van der Waals surface area contributed by atoms with Crippen molar-refractivity contribution in [3.8, 4) is 0 Å². The number of carbonyl (C=O) groups is 1. The standard InChI is InChI=1S/C20H30N2O5S/c1-2-27-19(23)17-7-6-8-18(15-17)28(24,25)21-16-20(9-4-3-5-10-20)22-11-13-26-14-12-22/h6-8,15,21H,2-5,9-14,16H2,1H3. The number of esters is 1. The Morgan fingerprint density at radius 2 is 1.93 bits per heavy atom. The minimum absolute atomic E-state index is 0.0889. The van der Waals surface area contributed by atoms with E-state index in [2.05, 4.69) is 9.62 Å². The number of benzene rings is 1. The number of sulfonamides is 1. The van der Waals surface area contributed by atoms with E-state index in [4.69, 9.17) is 9.47 Å². The zero-order valence-electron chi connectivity index (χ0n) is 16.5. The van der Waals surface area contributed by atoms with Crippen LogP contribution in [0.25, 0.3) is 0 Å². The maximum absolute atomic E-state index is 12.9. The first kappa shape index (κ1) is 21.2. The van der Waals surface area contributed by atoms with Gasteiger partial charge < -0.3 is 9.47 Å². The van der Waals surface area contributed by atoms with Crippen molar-refractivity contribution >= 4 is 16.0 Å². The molecule has 156 valence electrons. The van der Waals surface area contributed by atoms with Crippen LogP contribution in [0, 0.1) is 0 Å². The Hall–Kier alpha value is -1.48. The third-order valence-corrected chi connectivity index (χ3v) is 7.11. The average molecular weight is 411 g/mol. The van der Waals surface area contributed by atoms with E-state index in [-0.39, 0.29) is 22.6 Å². The summed E-state index contributed by atoms with van der Waals surface area (Å²) < 4.78 is 39.1. The van der Waals surface area contributed by atoms with Crippen molar-refractivity contribution in [2.75, 3.05) is 39.5 Å². The monoisotopic (exact) mass is 410 g/mol. The molecule has 0 unspecified atom stereocenters. The van der Waals surface area contributed by atoms with E-state index in [1.54, 1.807) is 19.1 Å². The Bertz CT molecular complexity index is 769. The number of carbonyl (C=O) groups excluding carboxylic acids is 1. The lowest BCUT2D eigenvalue weighted by atomic mass is 9.80. The maximum Gasteiger partial charge on any atom is 0.338 e. The Morgan fingerprint density at radius 1 is 1.21 bits per heavy atom. The molecule has 28 heavy (non-hydrogen) atoms. The fourth-order valence-electron chi connectivity index (χ4n) is 4.17. The molecule has 1 aliphatic heterocycles. The van der Waals surface area contributed by atoms with Gasteiger partial charge in [0.1, 0.15) is 0 Å². The van der Waals surface area contributed by atoms with E-state index in [9.17, 15) is 13.2 Å². The average Bonchev–Trinajstić information content (AvgIpc) is 2.74. The van der Waals surface area contributed by atoms with Gasteiger partial charge in [0.15, 0.2) is 0 Å². The molecule has 3 rings (SSSR count). The predicted molar refractivity (Wildman–Crippen MR) is 106 cm³/mol. The second-order valence-corrected chi connectivity index (χ2v) is 9.22. The first-order chi connectivity index (χ1) is 13.5. The van der Waals surface area contributed by atoms with Gasteiger partial charge in [0, 0.05) is 25.2 Å². The smallest absolute Gasteiger partial charge is 0.338 e. The zero-order chi connectivity index (χ0) is 20.0. The van der Waals surface area contributed by atoms with E-state index < -0.39 is 16.0 Å². The van der Waals surface area contributed by atoms with Gasteiger partial charge in [-0.15, -0.1) is 0 Å². The van der Waals surface area contributed by atoms with Gasteiger partial charge in [-0.25, -0.2) is 17.9 Å². The topological polar surface area (TPSA) is 84.9 Å². The van der Waals surface area contributed by atoms with Gasteiger partial charge in [0.05, 0.1) is 30.3 Å². The molecule has 2 aliphatic rings. The molecule has 0 spiro atoms. The van der Waals surface area contributed by atoms with Crippen LogP contribution in [-0.4, -0.2) is 64.3 Å². The molecule has 1 aromatic carbocycles. The number of rotatable bonds is 7. The molecule has 0 aromatic heterocycles. The van der Waals surface area contributed by atoms with Gasteiger partial charge in [0.25, 0.3) is 0 Å². The summed E-state index contributed by atoms with van der Waals surface area (Å²) in [5, 5.41) is 0. The van der Waals surface area contributed by atoms with Crippen molar-refractivity contribution in [1.29, 1.82) is 0 Å². The zero-order valence-corrected chi connectivity index (χ0v) is 17.3. The van der Waals surface area contributed by atoms with Gasteiger partial charge in [-0.2, -0.15) is 0 Å². The molecule has 1 saturated heterocycles. The summed E-state index contributed by atoms with van der Waals surface area (Å²) in [4.78, 5) is 14.4. The van der Waals surface area contributed by atoms with Crippen molar-refractivity contribution in [1.82, 2.24) is 9.62 Å². The summed E-state index contributed by atoms with van der Waals surface area (Å²) in [6.45, 7) is 5.39. The Balaban J connectivity index is 1.75. The van der Waals surface area contributed by atoms with Crippen LogP contribution in [0.15, 0.2) is 29.2 Å². The quantitative estimate of drug-likeness (QED) is 0.694. The van der Waals surface area contributed by atoms with E-state index in [1.807, 2.05) is 0 Å². The van der Waals surface area contributed by atoms with Crippen LogP contribution < -0.4 is 4.72 Å². The molecule has 7 nitrogen and oxygen atoms in total. The highest BCUT2D eigenvalue weighted by Crippen LogP contribution is 2.34. The van der Waals surface area contributed by atoms with Crippen LogP contribution in [0.2, 0.25) is 0 Å². The molecule has 1 aliphatic carbocycles. The number of ether oxygens (including phenoxy) is 2. The van der Waals surface area contributed by atoms with Gasteiger partial charge in [-0.3, -0.25) is 4.90 Å². The first-order valence-corrected chi connectivity index (χ1v) is 11.5. The second kappa shape index (κ2) is 9.35. The van der Waals surface area contributed by atoms with Crippen molar-refractivity contribution in [2.45, 2.75) is 49.5 Å². The van der Waals surface area contributed by atoms with Crippen LogP contribution >= 0.6 is 0 Å². The third-order valence-electron chi connectivity index (χ3n) is 5.71. The van der Waals surface area contributed by atoms with Crippen LogP contribution in [0.5, 0.6) is 0 Å². The highest BCUT2D eigenvalue weighted by Gasteiger charge is 2.39. The molecule has 1 saturated carbocycles. The number of nitrogens with zero attached hydrogens (tertiary/aromatic N) is 1. The summed E-state index contributed by atoms with van der Waals surface area (Å²) in [5.41, 5.74) is 0.0821. The molecule has 0 bridgehead atoms. The van der Waals surface area contributed by atoms with Crippen LogP contribution in [0.4, 0.5) is 0 Å². The summed E-state index contributed by atoms with van der Waals surface area (Å²) in [7, 11) is -3.72. The first-order valence-electron chi connectivity index (χ1n) is 10.1. The molecule has 0 amide bonds. The van der Waals surface area contributed by atoms with Gasteiger partial charge >= 0.3 is 5.97 Å². The fraction of sp³-hybridized carbons (Fsp3) is 0.650. The van der Waals surface area contributed by atoms with Crippen LogP contribution in [0.3, 0.4) is 0 Å². The van der Waals surface area contributed by atoms with Crippen molar-refractivity contribution in [2.24, 2.45) is 0 Å². The molecule has 1 heterocycles. The summed E-state index contributed by atoms with van der Waals surface area (Å²) in [6, 6.07) is 6.02. The van der Waals surface area contributed by atoms with Crippen molar-refractivity contribution < 1.29 is 22.7 Å². The highest BCUT2D eigenvalue weighted by molar-refractivity contribution is 7.89. The van der Waals surface area contributed by atoms with E-state index in [1.165, 1.54) is 18.6 Å². The van der Waals surface area contributed by atoms with Crippen molar-refractivity contribution in [3.63, 3.8) is 0 Å². The van der Waals surface area contributed by atoms with E-state index in [0.29, 0.717) is 19.8 Å². The van der Waals surface area contributed by atoms with E-state index >= 15 is 0 Å². The third kappa shape index (κ3) is 4.92. The molecule has 0 atom stereocenters. The molecule has 2 fully saturated rings. The molecule has 0 radical (unpaired) electrons. The van der Waals surface area contributed by atoms with Crippen LogP contribution in [-0.2, 0) is 19.5 Å². The lowest BCUT2D eigenvalue weighted by molar-refractivity contribution is -0.0348. The fourth-order valence-corrected chi connectivity index (χ4v) is 5.33. The minimum atomic E-state index is -3.72. The van der Waals surface area contributed by atoms with Crippen LogP contribution in [0.1, 0.15) is 49.4 Å². The maximum atomic E-state index is 12.9. The van der Waals surface area contributed by atoms with Crippen molar-refractivity contribution in [3.05, 3.63) is 29.8 Å². The largest absolute Gasteiger partial charge is 0.462 e. The number of hydrogen-bond donors (Lipinski definition) is 1. The molecular formula is C20H30N2O5S. The summed E-state index contributed by atoms with van der Waals surface area (Å²) in [6.07, 6.45) is 5.38. The summed E-state index contributed by atoms with van der Waals surface area (Å²) in [5.74, 6) is -0.517. The molecule has 1 N–H and O–H groups in total. The summed E-state index contributed by atoms with van der Waals surface area (Å²) >= 11 is 0. The molecule has 1 aromatic rings. The Kier molecular flexibility index (Phi) is 7.09. The number of nitrogens with one attached hydrogen (secondary N) is 1. The Labute approximate surface area is 167 Å². The molecular weight excluding hydrogens is 380 g/mol. The lowest BCUT2D eigenvalue weighted by Crippen LogP contribution is -2.59. The lowest BCUT2D eigenvalue weighted by Gasteiger charge is -2.48. The minimum Gasteiger partial charge on any atom is -0.462 e. The normalized spacial score (nSPS) is 20.6. The SMILES string of the molecule is CCOC(=O)c1cccc(S(=O)(=O)NCC2(N3CCOCC3)CCCCC2)c1. The highest BCUT2D eigenvalue weighted by atomic mass is 32.2. The predicted octanol–water partition coefficient (Wildman–Crippen LogP) is 2.18.